The van der Waals surface area contributed by atoms with Crippen molar-refractivity contribution < 1.29 is 22.6 Å². The van der Waals surface area contributed by atoms with Gasteiger partial charge in [-0.3, -0.25) is 9.67 Å². The molecule has 0 atom stereocenters. The van der Waals surface area contributed by atoms with E-state index >= 15 is 0 Å². The number of ether oxygens (including phenoxy) is 2. The summed E-state index contributed by atoms with van der Waals surface area (Å²) in [6.07, 6.45) is 1.64. The molecule has 0 aliphatic rings. The molecule has 0 fully saturated rings. The summed E-state index contributed by atoms with van der Waals surface area (Å²) in [4.78, 5) is 11.4. The lowest BCUT2D eigenvalue weighted by Crippen LogP contribution is -2.31. The molecule has 0 saturated heterocycles. The molecule has 0 spiro atoms. The van der Waals surface area contributed by atoms with Crippen LogP contribution in [0.3, 0.4) is 0 Å². The molecule has 0 saturated carbocycles. The predicted molar refractivity (Wildman–Crippen MR) is 148 cm³/mol. The number of aromatic nitrogens is 4. The molecule has 0 aliphatic heterocycles. The number of benzene rings is 2. The van der Waals surface area contributed by atoms with Gasteiger partial charge in [0.15, 0.2) is 0 Å². The molecule has 39 heavy (non-hydrogen) atoms. The van der Waals surface area contributed by atoms with Crippen molar-refractivity contribution in [2.24, 2.45) is 0 Å². The fourth-order valence-corrected chi connectivity index (χ4v) is 4.01. The quantitative estimate of drug-likeness (QED) is 0.218. The van der Waals surface area contributed by atoms with Crippen molar-refractivity contribution >= 4 is 34.8 Å². The van der Waals surface area contributed by atoms with E-state index in [0.29, 0.717) is 35.7 Å². The number of anilines is 2. The smallest absolute Gasteiger partial charge is 0.401 e. The SMILES string of the molecule is COc1cc(OC)cc(N(CCCNCC(F)(F)F)c2ccc3ncc(-c4cnn(C(C)C)c4)nc3c2)c1.Cl. The van der Waals surface area contributed by atoms with Crippen molar-refractivity contribution in [1.29, 1.82) is 0 Å². The maximum atomic E-state index is 12.6. The van der Waals surface area contributed by atoms with Crippen molar-refractivity contribution in [1.82, 2.24) is 25.1 Å². The van der Waals surface area contributed by atoms with Gasteiger partial charge in [-0.1, -0.05) is 0 Å². The van der Waals surface area contributed by atoms with Crippen LogP contribution in [0.25, 0.3) is 22.3 Å². The number of hydrogen-bond donors (Lipinski definition) is 1. The molecule has 0 unspecified atom stereocenters. The number of alkyl halides is 3. The van der Waals surface area contributed by atoms with E-state index in [-0.39, 0.29) is 25.0 Å². The van der Waals surface area contributed by atoms with Crippen LogP contribution in [-0.2, 0) is 0 Å². The number of nitrogens with one attached hydrogen (secondary N) is 1. The summed E-state index contributed by atoms with van der Waals surface area (Å²) < 4.78 is 50.4. The van der Waals surface area contributed by atoms with Gasteiger partial charge in [0, 0.05) is 53.9 Å². The normalized spacial score (nSPS) is 11.5. The molecule has 12 heteroatoms. The molecule has 0 amide bonds. The molecule has 0 radical (unpaired) electrons. The lowest BCUT2D eigenvalue weighted by atomic mass is 10.1. The predicted octanol–water partition coefficient (Wildman–Crippen LogP) is 6.19. The number of methoxy groups -OCH3 is 2. The Kier molecular flexibility index (Phi) is 9.98. The van der Waals surface area contributed by atoms with Gasteiger partial charge in [-0.2, -0.15) is 18.3 Å². The second-order valence-corrected chi connectivity index (χ2v) is 9.10. The fourth-order valence-electron chi connectivity index (χ4n) is 4.01. The molecule has 0 bridgehead atoms. The summed E-state index contributed by atoms with van der Waals surface area (Å²) in [5.41, 5.74) is 4.57. The fraction of sp³-hybridized carbons (Fsp3) is 0.370. The van der Waals surface area contributed by atoms with E-state index in [0.717, 1.165) is 22.5 Å². The topological polar surface area (TPSA) is 77.3 Å². The van der Waals surface area contributed by atoms with E-state index in [4.69, 9.17) is 14.5 Å². The minimum atomic E-state index is -4.25. The molecule has 0 aliphatic carbocycles. The maximum Gasteiger partial charge on any atom is 0.401 e. The summed E-state index contributed by atoms with van der Waals surface area (Å²) in [5, 5.41) is 6.86. The summed E-state index contributed by atoms with van der Waals surface area (Å²) in [6, 6.07) is 11.4. The molecule has 2 aromatic heterocycles. The van der Waals surface area contributed by atoms with E-state index in [1.807, 2.05) is 46.1 Å². The number of hydrogen-bond acceptors (Lipinski definition) is 7. The summed E-state index contributed by atoms with van der Waals surface area (Å²) in [6.45, 7) is 3.73. The Labute approximate surface area is 231 Å². The van der Waals surface area contributed by atoms with Gasteiger partial charge in [0.25, 0.3) is 0 Å². The zero-order valence-corrected chi connectivity index (χ0v) is 23.0. The summed E-state index contributed by atoms with van der Waals surface area (Å²) in [5.74, 6) is 1.20. The number of nitrogens with zero attached hydrogens (tertiary/aromatic N) is 5. The van der Waals surface area contributed by atoms with Crippen LogP contribution in [0, 0.1) is 0 Å². The Morgan fingerprint density at radius 2 is 1.69 bits per heavy atom. The average Bonchev–Trinajstić information content (AvgIpc) is 3.40. The van der Waals surface area contributed by atoms with Crippen molar-refractivity contribution in [3.8, 4) is 22.8 Å². The molecular formula is C27H32ClF3N6O2. The number of halogens is 4. The number of fused-ring (bicyclic) bond motifs is 1. The Balaban J connectivity index is 0.00000420. The standard InChI is InChI=1S/C27H31F3N6O2.ClH/c1-18(2)36-16-19(14-33-36)26-15-32-24-7-6-20(12-25(24)34-26)35(9-5-8-31-17-27(28,29)30)21-10-22(37-3)13-23(11-21)38-4;/h6-7,10-16,18,31H,5,8-9,17H2,1-4H3;1H. The molecule has 8 nitrogen and oxygen atoms in total. The summed E-state index contributed by atoms with van der Waals surface area (Å²) >= 11 is 0. The van der Waals surface area contributed by atoms with Gasteiger partial charge in [0.1, 0.15) is 11.5 Å². The van der Waals surface area contributed by atoms with Gasteiger partial charge >= 0.3 is 6.18 Å². The Morgan fingerprint density at radius 1 is 0.974 bits per heavy atom. The van der Waals surface area contributed by atoms with Gasteiger partial charge in [-0.25, -0.2) is 4.98 Å². The lowest BCUT2D eigenvalue weighted by Gasteiger charge is -2.26. The van der Waals surface area contributed by atoms with Gasteiger partial charge in [0.05, 0.1) is 49.9 Å². The largest absolute Gasteiger partial charge is 0.497 e. The van der Waals surface area contributed by atoms with E-state index in [1.165, 1.54) is 0 Å². The third-order valence-corrected chi connectivity index (χ3v) is 5.97. The highest BCUT2D eigenvalue weighted by Crippen LogP contribution is 2.34. The van der Waals surface area contributed by atoms with Crippen LogP contribution < -0.4 is 19.7 Å². The van der Waals surface area contributed by atoms with Crippen molar-refractivity contribution in [2.45, 2.75) is 32.5 Å². The Bertz CT molecular complexity index is 1360. The van der Waals surface area contributed by atoms with E-state index in [2.05, 4.69) is 29.2 Å². The first-order valence-corrected chi connectivity index (χ1v) is 12.3. The van der Waals surface area contributed by atoms with Gasteiger partial charge < -0.3 is 19.7 Å². The first kappa shape index (κ1) is 30.0. The van der Waals surface area contributed by atoms with Crippen LogP contribution in [0.1, 0.15) is 26.3 Å². The molecular weight excluding hydrogens is 533 g/mol. The highest BCUT2D eigenvalue weighted by atomic mass is 35.5. The first-order valence-electron chi connectivity index (χ1n) is 12.3. The third-order valence-electron chi connectivity index (χ3n) is 5.97. The highest BCUT2D eigenvalue weighted by Gasteiger charge is 2.26. The lowest BCUT2D eigenvalue weighted by molar-refractivity contribution is -0.124. The molecule has 2 heterocycles. The number of rotatable bonds is 11. The van der Waals surface area contributed by atoms with Gasteiger partial charge in [-0.05, 0) is 45.0 Å². The summed E-state index contributed by atoms with van der Waals surface area (Å²) in [7, 11) is 3.14. The van der Waals surface area contributed by atoms with Crippen molar-refractivity contribution in [2.75, 3.05) is 38.8 Å². The van der Waals surface area contributed by atoms with Crippen molar-refractivity contribution in [3.63, 3.8) is 0 Å². The van der Waals surface area contributed by atoms with E-state index < -0.39 is 12.7 Å². The van der Waals surface area contributed by atoms with Gasteiger partial charge in [-0.15, -0.1) is 12.4 Å². The minimum Gasteiger partial charge on any atom is -0.497 e. The Morgan fingerprint density at radius 3 is 2.31 bits per heavy atom. The molecule has 4 aromatic rings. The van der Waals surface area contributed by atoms with Gasteiger partial charge in [0.2, 0.25) is 0 Å². The molecule has 4 rings (SSSR count). The minimum absolute atomic E-state index is 0. The van der Waals surface area contributed by atoms with Crippen LogP contribution in [0.2, 0.25) is 0 Å². The Hall–Kier alpha value is -3.57. The van der Waals surface area contributed by atoms with Crippen LogP contribution in [-0.4, -0.2) is 59.8 Å². The van der Waals surface area contributed by atoms with E-state index in [1.54, 1.807) is 32.7 Å². The maximum absolute atomic E-state index is 12.6. The zero-order valence-electron chi connectivity index (χ0n) is 22.2. The van der Waals surface area contributed by atoms with Crippen LogP contribution in [0.4, 0.5) is 24.5 Å². The van der Waals surface area contributed by atoms with Crippen LogP contribution in [0.15, 0.2) is 55.0 Å². The second-order valence-electron chi connectivity index (χ2n) is 9.10. The highest BCUT2D eigenvalue weighted by molar-refractivity contribution is 5.85. The molecule has 2 aromatic carbocycles. The first-order chi connectivity index (χ1) is 18.2. The monoisotopic (exact) mass is 564 g/mol. The zero-order chi connectivity index (χ0) is 27.3. The average molecular weight is 565 g/mol. The molecule has 1 N–H and O–H groups in total. The second kappa shape index (κ2) is 13.0. The van der Waals surface area contributed by atoms with Crippen molar-refractivity contribution in [3.05, 3.63) is 55.0 Å². The third kappa shape index (κ3) is 7.73. The molecule has 210 valence electrons. The van der Waals surface area contributed by atoms with Crippen LogP contribution >= 0.6 is 12.4 Å². The van der Waals surface area contributed by atoms with E-state index in [9.17, 15) is 13.2 Å². The van der Waals surface area contributed by atoms with Crippen LogP contribution in [0.5, 0.6) is 11.5 Å².